The Balaban J connectivity index is 3.26. The van der Waals surface area contributed by atoms with Gasteiger partial charge in [0.25, 0.3) is 0 Å². The highest BCUT2D eigenvalue weighted by Gasteiger charge is 1.78. The lowest BCUT2D eigenvalue weighted by atomic mass is 10.2. The van der Waals surface area contributed by atoms with Gasteiger partial charge in [-0.1, -0.05) is 12.0 Å². The fraction of sp³-hybridized carbons (Fsp3) is 0.400. The van der Waals surface area contributed by atoms with Crippen LogP contribution in [-0.4, -0.2) is 7.05 Å². The Bertz CT molecular complexity index is 232. The van der Waals surface area contributed by atoms with Gasteiger partial charge < -0.3 is 11.1 Å². The average Bonchev–Trinajstić information content (AvgIpc) is 2.10. The third kappa shape index (κ3) is 8.46. The molecular weight excluding hydrogens is 148 g/mol. The molecule has 0 unspecified atom stereocenters. The molecule has 0 spiro atoms. The van der Waals surface area contributed by atoms with E-state index in [4.69, 9.17) is 5.73 Å². The number of allylic oxidation sites excluding steroid dienone is 1. The van der Waals surface area contributed by atoms with Gasteiger partial charge in [0.1, 0.15) is 0 Å². The van der Waals surface area contributed by atoms with E-state index < -0.39 is 0 Å². The highest BCUT2D eigenvalue weighted by atomic mass is 14.8. The van der Waals surface area contributed by atoms with E-state index in [1.54, 1.807) is 0 Å². The SMILES string of the molecule is CNC=CCCCC#CC#CN. The number of nitrogens with one attached hydrogen (secondary N) is 1. The predicted octanol–water partition coefficient (Wildman–Crippen LogP) is 0.813. The third-order valence-electron chi connectivity index (χ3n) is 1.18. The first kappa shape index (κ1) is 10.5. The summed E-state index contributed by atoms with van der Waals surface area (Å²) in [5, 5.41) is 2.92. The maximum Gasteiger partial charge on any atom is 0.0159 e. The van der Waals surface area contributed by atoms with Gasteiger partial charge in [-0.3, -0.25) is 0 Å². The molecule has 0 amide bonds. The summed E-state index contributed by atoms with van der Waals surface area (Å²) in [6, 6.07) is 2.23. The molecule has 2 nitrogen and oxygen atoms in total. The number of rotatable bonds is 4. The van der Waals surface area contributed by atoms with Crippen LogP contribution >= 0.6 is 0 Å². The Morgan fingerprint density at radius 2 is 2.25 bits per heavy atom. The molecule has 2 heteroatoms. The van der Waals surface area contributed by atoms with E-state index in [0.717, 1.165) is 19.3 Å². The molecule has 0 aliphatic heterocycles. The van der Waals surface area contributed by atoms with Crippen molar-refractivity contribution in [1.29, 1.82) is 0 Å². The average molecular weight is 162 g/mol. The smallest absolute Gasteiger partial charge is 0.0159 e. The normalized spacial score (nSPS) is 8.08. The maximum absolute atomic E-state index is 4.93. The van der Waals surface area contributed by atoms with Crippen molar-refractivity contribution in [2.24, 2.45) is 5.73 Å². The Morgan fingerprint density at radius 1 is 1.42 bits per heavy atom. The molecule has 0 heterocycles. The molecule has 0 fully saturated rings. The zero-order valence-corrected chi connectivity index (χ0v) is 7.35. The summed E-state index contributed by atoms with van der Waals surface area (Å²) in [5.74, 6) is 8.04. The van der Waals surface area contributed by atoms with Crippen LogP contribution in [0.3, 0.4) is 0 Å². The standard InChI is InChI=1S/C10H14N2/c1-12-10-8-6-4-2-3-5-7-9-11/h8,10,12H,2,4,6,11H2,1H3. The molecule has 3 N–H and O–H groups in total. The molecule has 0 aliphatic carbocycles. The van der Waals surface area contributed by atoms with Crippen LogP contribution in [0.5, 0.6) is 0 Å². The van der Waals surface area contributed by atoms with Gasteiger partial charge in [0.05, 0.1) is 0 Å². The monoisotopic (exact) mass is 162 g/mol. The first-order valence-electron chi connectivity index (χ1n) is 3.92. The topological polar surface area (TPSA) is 38.0 Å². The highest BCUT2D eigenvalue weighted by Crippen LogP contribution is 1.93. The van der Waals surface area contributed by atoms with E-state index >= 15 is 0 Å². The minimum atomic E-state index is 0.878. The van der Waals surface area contributed by atoms with Gasteiger partial charge in [-0.05, 0) is 25.0 Å². The summed E-state index contributed by atoms with van der Waals surface area (Å²) in [7, 11) is 1.88. The van der Waals surface area contributed by atoms with Crippen molar-refractivity contribution in [3.63, 3.8) is 0 Å². The molecule has 0 atom stereocenters. The fourth-order valence-electron chi connectivity index (χ4n) is 0.652. The quantitative estimate of drug-likeness (QED) is 0.365. The van der Waals surface area contributed by atoms with Gasteiger partial charge in [0.15, 0.2) is 0 Å². The van der Waals surface area contributed by atoms with Crippen molar-refractivity contribution in [3.05, 3.63) is 12.3 Å². The highest BCUT2D eigenvalue weighted by molar-refractivity contribution is 5.24. The van der Waals surface area contributed by atoms with E-state index in [1.165, 1.54) is 0 Å². The summed E-state index contributed by atoms with van der Waals surface area (Å²) < 4.78 is 0. The molecule has 0 aromatic carbocycles. The van der Waals surface area contributed by atoms with Gasteiger partial charge in [-0.2, -0.15) is 0 Å². The lowest BCUT2D eigenvalue weighted by molar-refractivity contribution is 0.877. The molecule has 0 aromatic heterocycles. The third-order valence-corrected chi connectivity index (χ3v) is 1.18. The Kier molecular flexibility index (Phi) is 8.25. The van der Waals surface area contributed by atoms with E-state index in [1.807, 2.05) is 13.2 Å². The van der Waals surface area contributed by atoms with E-state index in [-0.39, 0.29) is 0 Å². The molecule has 0 aromatic rings. The van der Waals surface area contributed by atoms with Crippen LogP contribution in [0, 0.1) is 23.8 Å². The molecule has 0 radical (unpaired) electrons. The molecule has 0 saturated carbocycles. The van der Waals surface area contributed by atoms with E-state index in [9.17, 15) is 0 Å². The zero-order chi connectivity index (χ0) is 9.07. The first-order valence-corrected chi connectivity index (χ1v) is 3.92. The summed E-state index contributed by atoms with van der Waals surface area (Å²) in [5.41, 5.74) is 4.93. The Labute approximate surface area is 74.2 Å². The molecule has 12 heavy (non-hydrogen) atoms. The van der Waals surface area contributed by atoms with Crippen LogP contribution in [-0.2, 0) is 0 Å². The zero-order valence-electron chi connectivity index (χ0n) is 7.35. The van der Waals surface area contributed by atoms with Crippen LogP contribution in [0.2, 0.25) is 0 Å². The van der Waals surface area contributed by atoms with Crippen LogP contribution in [0.4, 0.5) is 0 Å². The first-order chi connectivity index (χ1) is 5.91. The second kappa shape index (κ2) is 9.46. The van der Waals surface area contributed by atoms with E-state index in [2.05, 4.69) is 35.2 Å². The van der Waals surface area contributed by atoms with Crippen LogP contribution in [0.1, 0.15) is 19.3 Å². The lowest BCUT2D eigenvalue weighted by Gasteiger charge is -1.87. The summed E-state index contributed by atoms with van der Waals surface area (Å²) in [4.78, 5) is 0. The Hall–Kier alpha value is -1.54. The largest absolute Gasteiger partial charge is 0.394 e. The van der Waals surface area contributed by atoms with Crippen LogP contribution in [0.25, 0.3) is 0 Å². The number of unbranched alkanes of at least 4 members (excludes halogenated alkanes) is 2. The van der Waals surface area contributed by atoms with E-state index in [0.29, 0.717) is 0 Å². The number of nitrogens with two attached hydrogens (primary N) is 1. The van der Waals surface area contributed by atoms with Crippen molar-refractivity contribution >= 4 is 0 Å². The van der Waals surface area contributed by atoms with Crippen molar-refractivity contribution in [1.82, 2.24) is 5.32 Å². The van der Waals surface area contributed by atoms with Gasteiger partial charge in [0, 0.05) is 25.4 Å². The second-order valence-corrected chi connectivity index (χ2v) is 2.15. The van der Waals surface area contributed by atoms with Gasteiger partial charge in [0.2, 0.25) is 0 Å². The summed E-state index contributed by atoms with van der Waals surface area (Å²) >= 11 is 0. The molecule has 0 bridgehead atoms. The van der Waals surface area contributed by atoms with Gasteiger partial charge >= 0.3 is 0 Å². The summed E-state index contributed by atoms with van der Waals surface area (Å²) in [6.07, 6.45) is 7.00. The maximum atomic E-state index is 4.93. The van der Waals surface area contributed by atoms with Crippen molar-refractivity contribution in [3.8, 4) is 23.8 Å². The van der Waals surface area contributed by atoms with Crippen LogP contribution < -0.4 is 11.1 Å². The molecular formula is C10H14N2. The number of hydrogen-bond donors (Lipinski definition) is 2. The van der Waals surface area contributed by atoms with Crippen molar-refractivity contribution in [2.45, 2.75) is 19.3 Å². The Morgan fingerprint density at radius 3 is 2.92 bits per heavy atom. The number of hydrogen-bond acceptors (Lipinski definition) is 2. The molecule has 0 aliphatic rings. The van der Waals surface area contributed by atoms with Gasteiger partial charge in [-0.25, -0.2) is 0 Å². The summed E-state index contributed by atoms with van der Waals surface area (Å²) in [6.45, 7) is 0. The molecule has 0 saturated heterocycles. The second-order valence-electron chi connectivity index (χ2n) is 2.15. The van der Waals surface area contributed by atoms with Gasteiger partial charge in [-0.15, -0.1) is 0 Å². The van der Waals surface area contributed by atoms with Crippen molar-refractivity contribution in [2.75, 3.05) is 7.05 Å². The minimum absolute atomic E-state index is 0.878. The minimum Gasteiger partial charge on any atom is -0.394 e. The van der Waals surface area contributed by atoms with Crippen molar-refractivity contribution < 1.29 is 0 Å². The molecule has 64 valence electrons. The molecule has 0 rings (SSSR count). The predicted molar refractivity (Wildman–Crippen MR) is 51.8 cm³/mol. The lowest BCUT2D eigenvalue weighted by Crippen LogP contribution is -1.90. The van der Waals surface area contributed by atoms with Crippen LogP contribution in [0.15, 0.2) is 12.3 Å². The fourth-order valence-corrected chi connectivity index (χ4v) is 0.652.